The second-order valence-electron chi connectivity index (χ2n) is 5.58. The number of methoxy groups -OCH3 is 1. The quantitative estimate of drug-likeness (QED) is 0.798. The van der Waals surface area contributed by atoms with Crippen LogP contribution in [-0.2, 0) is 28.0 Å². The minimum atomic E-state index is -0.882. The van der Waals surface area contributed by atoms with Crippen molar-refractivity contribution in [1.82, 2.24) is 4.90 Å². The van der Waals surface area contributed by atoms with Crippen LogP contribution in [0.4, 0.5) is 0 Å². The summed E-state index contributed by atoms with van der Waals surface area (Å²) < 4.78 is 5.11. The summed E-state index contributed by atoms with van der Waals surface area (Å²) in [6, 6.07) is 9.63. The Morgan fingerprint density at radius 1 is 1.36 bits per heavy atom. The number of ether oxygens (including phenoxy) is 1. The zero-order chi connectivity index (χ0) is 15.7. The average molecular weight is 336 g/mol. The van der Waals surface area contributed by atoms with Crippen molar-refractivity contribution >= 4 is 28.9 Å². The fraction of sp³-hybridized carbons (Fsp3) is 0.353. The molecule has 1 aromatic heterocycles. The predicted molar refractivity (Wildman–Crippen MR) is 89.3 cm³/mol. The summed E-state index contributed by atoms with van der Waals surface area (Å²) in [4.78, 5) is 16.2. The molecular formula is C17H18ClNO2S. The maximum absolute atomic E-state index is 12.6. The first-order chi connectivity index (χ1) is 10.6. The first-order valence-electron chi connectivity index (χ1n) is 7.21. The number of fused-ring (bicyclic) bond motifs is 1. The number of carbonyl (C=O) groups excluding carboxylic acids is 1. The molecule has 1 aliphatic heterocycles. The molecule has 0 bridgehead atoms. The molecule has 0 fully saturated rings. The molecule has 0 spiro atoms. The van der Waals surface area contributed by atoms with Crippen LogP contribution < -0.4 is 0 Å². The number of carbonyl (C=O) groups is 1. The third-order valence-electron chi connectivity index (χ3n) is 4.42. The third kappa shape index (κ3) is 2.45. The molecule has 116 valence electrons. The highest BCUT2D eigenvalue weighted by Crippen LogP contribution is 2.38. The van der Waals surface area contributed by atoms with Crippen LogP contribution in [0.1, 0.15) is 22.9 Å². The lowest BCUT2D eigenvalue weighted by Crippen LogP contribution is -2.52. The summed E-state index contributed by atoms with van der Waals surface area (Å²) in [6.45, 7) is 3.44. The predicted octanol–water partition coefficient (Wildman–Crippen LogP) is 3.85. The van der Waals surface area contributed by atoms with E-state index in [0.717, 1.165) is 25.1 Å². The van der Waals surface area contributed by atoms with Crippen molar-refractivity contribution in [1.29, 1.82) is 0 Å². The highest BCUT2D eigenvalue weighted by molar-refractivity contribution is 7.10. The molecule has 0 unspecified atom stereocenters. The standard InChI is InChI=1S/C17H18ClNO2S/c1-17(16(20)21-2,13-5-3-4-6-14(13)18)19-9-7-15-12(11-19)8-10-22-15/h3-6,8,10H,7,9,11H2,1-2H3/t17-/m0/s1. The van der Waals surface area contributed by atoms with Crippen LogP contribution in [0.2, 0.25) is 5.02 Å². The summed E-state index contributed by atoms with van der Waals surface area (Å²) in [7, 11) is 1.43. The lowest BCUT2D eigenvalue weighted by atomic mass is 9.88. The van der Waals surface area contributed by atoms with Gasteiger partial charge in [-0.2, -0.15) is 0 Å². The molecule has 1 aromatic carbocycles. The number of hydrogen-bond acceptors (Lipinski definition) is 4. The molecular weight excluding hydrogens is 318 g/mol. The van der Waals surface area contributed by atoms with Crippen LogP contribution in [0.25, 0.3) is 0 Å². The van der Waals surface area contributed by atoms with E-state index in [0.29, 0.717) is 5.02 Å². The van der Waals surface area contributed by atoms with Crippen LogP contribution in [-0.4, -0.2) is 24.5 Å². The molecule has 0 radical (unpaired) electrons. The second kappa shape index (κ2) is 6.03. The van der Waals surface area contributed by atoms with Gasteiger partial charge in [-0.25, -0.2) is 4.79 Å². The largest absolute Gasteiger partial charge is 0.467 e. The SMILES string of the molecule is COC(=O)[C@](C)(c1ccccc1Cl)N1CCc2sccc2C1. The van der Waals surface area contributed by atoms with E-state index in [-0.39, 0.29) is 5.97 Å². The first-order valence-corrected chi connectivity index (χ1v) is 8.47. The number of benzene rings is 1. The van der Waals surface area contributed by atoms with Crippen molar-refractivity contribution in [2.24, 2.45) is 0 Å². The van der Waals surface area contributed by atoms with Gasteiger partial charge < -0.3 is 4.74 Å². The minimum absolute atomic E-state index is 0.278. The number of halogens is 1. The van der Waals surface area contributed by atoms with Gasteiger partial charge in [0.05, 0.1) is 7.11 Å². The van der Waals surface area contributed by atoms with Crippen LogP contribution in [0.5, 0.6) is 0 Å². The zero-order valence-electron chi connectivity index (χ0n) is 12.6. The topological polar surface area (TPSA) is 29.5 Å². The molecule has 2 heterocycles. The molecule has 0 aliphatic carbocycles. The Morgan fingerprint density at radius 3 is 2.86 bits per heavy atom. The first kappa shape index (κ1) is 15.5. The van der Waals surface area contributed by atoms with Gasteiger partial charge >= 0.3 is 5.97 Å². The van der Waals surface area contributed by atoms with Gasteiger partial charge in [0.15, 0.2) is 0 Å². The van der Waals surface area contributed by atoms with Gasteiger partial charge in [-0.15, -0.1) is 11.3 Å². The van der Waals surface area contributed by atoms with Gasteiger partial charge in [0.2, 0.25) is 0 Å². The van der Waals surface area contributed by atoms with E-state index < -0.39 is 5.54 Å². The van der Waals surface area contributed by atoms with Crippen LogP contribution in [0, 0.1) is 0 Å². The molecule has 3 rings (SSSR count). The second-order valence-corrected chi connectivity index (χ2v) is 6.99. The summed E-state index contributed by atoms with van der Waals surface area (Å²) in [5.41, 5.74) is 1.20. The van der Waals surface area contributed by atoms with Gasteiger partial charge in [0, 0.05) is 28.6 Å². The number of esters is 1. The van der Waals surface area contributed by atoms with Gasteiger partial charge in [-0.3, -0.25) is 4.90 Å². The Balaban J connectivity index is 2.04. The van der Waals surface area contributed by atoms with Crippen molar-refractivity contribution in [2.75, 3.05) is 13.7 Å². The summed E-state index contributed by atoms with van der Waals surface area (Å²) in [6.07, 6.45) is 0.948. The molecule has 1 atom stereocenters. The molecule has 0 N–H and O–H groups in total. The van der Waals surface area contributed by atoms with Crippen molar-refractivity contribution in [3.8, 4) is 0 Å². The molecule has 1 aliphatic rings. The van der Waals surface area contributed by atoms with Crippen molar-refractivity contribution in [2.45, 2.75) is 25.4 Å². The Kier molecular flexibility index (Phi) is 4.26. The molecule has 22 heavy (non-hydrogen) atoms. The van der Waals surface area contributed by atoms with Crippen molar-refractivity contribution < 1.29 is 9.53 Å². The van der Waals surface area contributed by atoms with Gasteiger partial charge in [0.25, 0.3) is 0 Å². The van der Waals surface area contributed by atoms with E-state index >= 15 is 0 Å². The normalized spacial score (nSPS) is 17.6. The molecule has 0 saturated heterocycles. The summed E-state index contributed by atoms with van der Waals surface area (Å²) in [5, 5.41) is 2.70. The van der Waals surface area contributed by atoms with E-state index in [9.17, 15) is 4.79 Å². The maximum atomic E-state index is 12.6. The van der Waals surface area contributed by atoms with Crippen LogP contribution in [0.15, 0.2) is 35.7 Å². The van der Waals surface area contributed by atoms with Crippen LogP contribution in [0.3, 0.4) is 0 Å². The van der Waals surface area contributed by atoms with Gasteiger partial charge in [0.1, 0.15) is 5.54 Å². The number of nitrogens with zero attached hydrogens (tertiary/aromatic N) is 1. The third-order valence-corrected chi connectivity index (χ3v) is 5.77. The Labute approximate surface area is 139 Å². The number of hydrogen-bond donors (Lipinski definition) is 0. The Hall–Kier alpha value is -1.36. The minimum Gasteiger partial charge on any atom is -0.467 e. The Bertz CT molecular complexity index is 699. The lowest BCUT2D eigenvalue weighted by Gasteiger charge is -2.41. The summed E-state index contributed by atoms with van der Waals surface area (Å²) >= 11 is 8.16. The summed E-state index contributed by atoms with van der Waals surface area (Å²) in [5.74, 6) is -0.278. The lowest BCUT2D eigenvalue weighted by molar-refractivity contribution is -0.156. The highest BCUT2D eigenvalue weighted by atomic mass is 35.5. The molecule has 0 saturated carbocycles. The Morgan fingerprint density at radius 2 is 2.14 bits per heavy atom. The van der Waals surface area contributed by atoms with Gasteiger partial charge in [-0.1, -0.05) is 29.8 Å². The van der Waals surface area contributed by atoms with Gasteiger partial charge in [-0.05, 0) is 36.4 Å². The monoisotopic (exact) mass is 335 g/mol. The zero-order valence-corrected chi connectivity index (χ0v) is 14.2. The number of thiophene rings is 1. The molecule has 2 aromatic rings. The fourth-order valence-corrected chi connectivity index (χ4v) is 4.30. The molecule has 5 heteroatoms. The van der Waals surface area contributed by atoms with Crippen LogP contribution >= 0.6 is 22.9 Å². The maximum Gasteiger partial charge on any atom is 0.330 e. The van der Waals surface area contributed by atoms with Crippen molar-refractivity contribution in [3.05, 3.63) is 56.7 Å². The highest BCUT2D eigenvalue weighted by Gasteiger charge is 2.44. The number of rotatable bonds is 3. The van der Waals surface area contributed by atoms with Crippen molar-refractivity contribution in [3.63, 3.8) is 0 Å². The van der Waals surface area contributed by atoms with E-state index in [1.807, 2.05) is 31.2 Å². The smallest absolute Gasteiger partial charge is 0.330 e. The van der Waals surface area contributed by atoms with E-state index in [4.69, 9.17) is 16.3 Å². The average Bonchev–Trinajstić information content (AvgIpc) is 3.01. The van der Waals surface area contributed by atoms with E-state index in [2.05, 4.69) is 16.3 Å². The van der Waals surface area contributed by atoms with E-state index in [1.165, 1.54) is 17.6 Å². The molecule has 3 nitrogen and oxygen atoms in total. The molecule has 0 amide bonds. The van der Waals surface area contributed by atoms with E-state index in [1.54, 1.807) is 11.3 Å². The fourth-order valence-electron chi connectivity index (χ4n) is 3.09.